The lowest BCUT2D eigenvalue weighted by Crippen LogP contribution is -2.39. The Bertz CT molecular complexity index is 572. The molecule has 0 amide bonds. The van der Waals surface area contributed by atoms with E-state index in [-0.39, 0.29) is 5.82 Å². The van der Waals surface area contributed by atoms with Gasteiger partial charge in [0.2, 0.25) is 0 Å². The zero-order valence-corrected chi connectivity index (χ0v) is 10.9. The maximum Gasteiger partial charge on any atom is 0.140 e. The van der Waals surface area contributed by atoms with Gasteiger partial charge in [0, 0.05) is 5.02 Å². The molecule has 0 fully saturated rings. The number of hydrogen-bond acceptors (Lipinski definition) is 5. The first-order chi connectivity index (χ1) is 8.90. The van der Waals surface area contributed by atoms with E-state index in [1.807, 2.05) is 0 Å². The third kappa shape index (κ3) is 2.88. The normalized spacial score (nSPS) is 18.2. The topological polar surface area (TPSA) is 110 Å². The highest BCUT2D eigenvalue weighted by Crippen LogP contribution is 2.23. The highest BCUT2D eigenvalue weighted by atomic mass is 35.5. The highest BCUT2D eigenvalue weighted by molar-refractivity contribution is 6.31. The lowest BCUT2D eigenvalue weighted by molar-refractivity contribution is -0.103. The summed E-state index contributed by atoms with van der Waals surface area (Å²) in [5.74, 6) is 0.101. The van der Waals surface area contributed by atoms with Gasteiger partial charge in [-0.05, 0) is 25.1 Å². The first-order valence-electron chi connectivity index (χ1n) is 5.77. The molecule has 1 heterocycles. The molecule has 104 valence electrons. The summed E-state index contributed by atoms with van der Waals surface area (Å²) in [7, 11) is 0. The zero-order chi connectivity index (χ0) is 14.2. The molecule has 0 spiro atoms. The number of fused-ring (bicyclic) bond motifs is 1. The van der Waals surface area contributed by atoms with Crippen molar-refractivity contribution in [1.82, 2.24) is 9.97 Å². The fourth-order valence-corrected chi connectivity index (χ4v) is 1.94. The molecule has 3 unspecified atom stereocenters. The van der Waals surface area contributed by atoms with Gasteiger partial charge in [0.1, 0.15) is 24.1 Å². The first-order valence-corrected chi connectivity index (χ1v) is 6.15. The Labute approximate surface area is 114 Å². The van der Waals surface area contributed by atoms with E-state index in [2.05, 4.69) is 9.97 Å². The van der Waals surface area contributed by atoms with Gasteiger partial charge in [-0.25, -0.2) is 4.98 Å². The second-order valence-electron chi connectivity index (χ2n) is 4.45. The van der Waals surface area contributed by atoms with Crippen LogP contribution in [0.3, 0.4) is 0 Å². The summed E-state index contributed by atoms with van der Waals surface area (Å²) in [4.78, 5) is 6.92. The van der Waals surface area contributed by atoms with Crippen molar-refractivity contribution < 1.29 is 20.4 Å². The molecule has 6 nitrogen and oxygen atoms in total. The van der Waals surface area contributed by atoms with Crippen molar-refractivity contribution in [3.05, 3.63) is 29.0 Å². The van der Waals surface area contributed by atoms with Gasteiger partial charge in [-0.3, -0.25) is 0 Å². The van der Waals surface area contributed by atoms with Crippen LogP contribution >= 0.6 is 11.6 Å². The third-order valence-corrected chi connectivity index (χ3v) is 3.15. The van der Waals surface area contributed by atoms with Gasteiger partial charge in [-0.2, -0.15) is 0 Å². The van der Waals surface area contributed by atoms with E-state index in [4.69, 9.17) is 11.6 Å². The van der Waals surface area contributed by atoms with Crippen molar-refractivity contribution in [1.29, 1.82) is 0 Å². The fraction of sp³-hybridized carbons (Fsp3) is 0.417. The molecule has 2 rings (SSSR count). The molecule has 0 aliphatic rings. The standard InChI is InChI=1S/C12H15ClN2O4/c1-5(16)9(17)10(18)11(19)12-14-7-3-2-6(13)4-8(7)15-12/h2-5,9-11,16-19H,1H3,(H,14,15)/t5?,9?,10?,11-/m1/s1. The SMILES string of the molecule is CC(O)C(O)C(O)[C@@H](O)c1nc2cc(Cl)ccc2[nH]1. The number of halogens is 1. The Balaban J connectivity index is 2.28. The van der Waals surface area contributed by atoms with E-state index in [1.165, 1.54) is 6.92 Å². The minimum Gasteiger partial charge on any atom is -0.391 e. The molecular formula is C12H15ClN2O4. The number of aliphatic hydroxyl groups is 4. The van der Waals surface area contributed by atoms with Crippen molar-refractivity contribution in [2.45, 2.75) is 31.3 Å². The van der Waals surface area contributed by atoms with E-state index in [9.17, 15) is 20.4 Å². The lowest BCUT2D eigenvalue weighted by Gasteiger charge is -2.23. The van der Waals surface area contributed by atoms with Crippen LogP contribution < -0.4 is 0 Å². The number of rotatable bonds is 4. The van der Waals surface area contributed by atoms with E-state index in [1.54, 1.807) is 18.2 Å². The fourth-order valence-electron chi connectivity index (χ4n) is 1.77. The number of benzene rings is 1. The summed E-state index contributed by atoms with van der Waals surface area (Å²) >= 11 is 5.82. The summed E-state index contributed by atoms with van der Waals surface area (Å²) in [6.45, 7) is 1.32. The highest BCUT2D eigenvalue weighted by Gasteiger charge is 2.30. The number of aliphatic hydroxyl groups excluding tert-OH is 4. The largest absolute Gasteiger partial charge is 0.391 e. The van der Waals surface area contributed by atoms with Crippen molar-refractivity contribution in [2.24, 2.45) is 0 Å². The Morgan fingerprint density at radius 3 is 2.47 bits per heavy atom. The van der Waals surface area contributed by atoms with Crippen LogP contribution in [0.2, 0.25) is 5.02 Å². The predicted molar refractivity (Wildman–Crippen MR) is 69.8 cm³/mol. The number of imidazole rings is 1. The second-order valence-corrected chi connectivity index (χ2v) is 4.89. The van der Waals surface area contributed by atoms with Gasteiger partial charge in [-0.1, -0.05) is 11.6 Å². The van der Waals surface area contributed by atoms with Gasteiger partial charge >= 0.3 is 0 Å². The maximum absolute atomic E-state index is 9.93. The first kappa shape index (κ1) is 14.2. The Hall–Kier alpha value is -1.18. The van der Waals surface area contributed by atoms with E-state index in [0.29, 0.717) is 16.1 Å². The van der Waals surface area contributed by atoms with Crippen molar-refractivity contribution in [2.75, 3.05) is 0 Å². The quantitative estimate of drug-likeness (QED) is 0.557. The molecule has 7 heteroatoms. The van der Waals surface area contributed by atoms with Crippen LogP contribution in [-0.2, 0) is 0 Å². The zero-order valence-electron chi connectivity index (χ0n) is 10.2. The van der Waals surface area contributed by atoms with Crippen molar-refractivity contribution in [3.63, 3.8) is 0 Å². The van der Waals surface area contributed by atoms with Crippen LogP contribution in [0.1, 0.15) is 18.9 Å². The van der Waals surface area contributed by atoms with Crippen molar-refractivity contribution in [3.8, 4) is 0 Å². The van der Waals surface area contributed by atoms with Gasteiger partial charge in [0.15, 0.2) is 0 Å². The number of nitrogens with one attached hydrogen (secondary N) is 1. The Morgan fingerprint density at radius 2 is 1.84 bits per heavy atom. The van der Waals surface area contributed by atoms with E-state index >= 15 is 0 Å². The van der Waals surface area contributed by atoms with Crippen molar-refractivity contribution >= 4 is 22.6 Å². The average molecular weight is 287 g/mol. The molecule has 0 saturated heterocycles. The van der Waals surface area contributed by atoms with Crippen LogP contribution in [0, 0.1) is 0 Å². The molecule has 0 saturated carbocycles. The Morgan fingerprint density at radius 1 is 1.16 bits per heavy atom. The molecule has 0 radical (unpaired) electrons. The second kappa shape index (κ2) is 5.44. The van der Waals surface area contributed by atoms with Crippen LogP contribution in [0.5, 0.6) is 0 Å². The van der Waals surface area contributed by atoms with E-state index < -0.39 is 24.4 Å². The summed E-state index contributed by atoms with van der Waals surface area (Å²) in [6, 6.07) is 4.97. The molecule has 19 heavy (non-hydrogen) atoms. The number of hydrogen-bond donors (Lipinski definition) is 5. The minimum absolute atomic E-state index is 0.101. The number of aromatic amines is 1. The predicted octanol–water partition coefficient (Wildman–Crippen LogP) is 0.352. The van der Waals surface area contributed by atoms with Gasteiger partial charge < -0.3 is 25.4 Å². The summed E-state index contributed by atoms with van der Waals surface area (Å²) in [5.41, 5.74) is 1.19. The maximum atomic E-state index is 9.93. The molecule has 1 aromatic heterocycles. The number of nitrogens with zero attached hydrogens (tertiary/aromatic N) is 1. The molecule has 4 atom stereocenters. The van der Waals surface area contributed by atoms with Gasteiger partial charge in [0.25, 0.3) is 0 Å². The molecule has 0 aliphatic heterocycles. The van der Waals surface area contributed by atoms with Crippen LogP contribution in [-0.4, -0.2) is 48.7 Å². The molecule has 2 aromatic rings. The summed E-state index contributed by atoms with van der Waals surface area (Å²) < 4.78 is 0. The van der Waals surface area contributed by atoms with Crippen LogP contribution in [0.15, 0.2) is 18.2 Å². The molecule has 1 aromatic carbocycles. The molecule has 0 bridgehead atoms. The smallest absolute Gasteiger partial charge is 0.140 e. The Kier molecular flexibility index (Phi) is 4.07. The monoisotopic (exact) mass is 286 g/mol. The summed E-state index contributed by atoms with van der Waals surface area (Å²) in [6.07, 6.45) is -5.61. The average Bonchev–Trinajstić information content (AvgIpc) is 2.78. The third-order valence-electron chi connectivity index (χ3n) is 2.91. The lowest BCUT2D eigenvalue weighted by atomic mass is 10.0. The minimum atomic E-state index is -1.55. The molecule has 0 aliphatic carbocycles. The molecule has 5 N–H and O–H groups in total. The number of H-pyrrole nitrogens is 1. The van der Waals surface area contributed by atoms with Gasteiger partial charge in [0.05, 0.1) is 17.1 Å². The van der Waals surface area contributed by atoms with Crippen LogP contribution in [0.25, 0.3) is 11.0 Å². The summed E-state index contributed by atoms with van der Waals surface area (Å²) in [5, 5.41) is 38.9. The molecular weight excluding hydrogens is 272 g/mol. The number of aromatic nitrogens is 2. The van der Waals surface area contributed by atoms with Gasteiger partial charge in [-0.15, -0.1) is 0 Å². The van der Waals surface area contributed by atoms with E-state index in [0.717, 1.165) is 0 Å². The van der Waals surface area contributed by atoms with Crippen LogP contribution in [0.4, 0.5) is 0 Å².